The van der Waals surface area contributed by atoms with Gasteiger partial charge in [-0.05, 0) is 58.5 Å². The number of aromatic nitrogens is 3. The van der Waals surface area contributed by atoms with Crippen molar-refractivity contribution in [2.75, 3.05) is 0 Å². The third-order valence-electron chi connectivity index (χ3n) is 7.99. The van der Waals surface area contributed by atoms with E-state index in [0.29, 0.717) is 6.54 Å². The molecule has 196 valence electrons. The van der Waals surface area contributed by atoms with Gasteiger partial charge in [-0.1, -0.05) is 109 Å². The van der Waals surface area contributed by atoms with Gasteiger partial charge >= 0.3 is 0 Å². The van der Waals surface area contributed by atoms with Gasteiger partial charge in [-0.2, -0.15) is 5.10 Å². The number of hydrogen-bond acceptors (Lipinski definition) is 3. The zero-order valence-electron chi connectivity index (χ0n) is 22.5. The second-order valence-electron chi connectivity index (χ2n) is 10.6. The molecule has 0 N–H and O–H groups in total. The van der Waals surface area contributed by atoms with Crippen molar-refractivity contribution < 1.29 is 0 Å². The average Bonchev–Trinajstić information content (AvgIpc) is 3.63. The summed E-state index contributed by atoms with van der Waals surface area (Å²) in [6.45, 7) is 0.648. The molecule has 3 nitrogen and oxygen atoms in total. The van der Waals surface area contributed by atoms with Crippen molar-refractivity contribution in [2.24, 2.45) is 0 Å². The van der Waals surface area contributed by atoms with Gasteiger partial charge in [0.15, 0.2) is 11.6 Å². The predicted octanol–water partition coefficient (Wildman–Crippen LogP) is 9.91. The van der Waals surface area contributed by atoms with Crippen LogP contribution in [0.4, 0.5) is 0 Å². The quantitative estimate of drug-likeness (QED) is 0.215. The van der Waals surface area contributed by atoms with Crippen molar-refractivity contribution in [3.63, 3.8) is 0 Å². The maximum absolute atomic E-state index is 5.22. The van der Waals surface area contributed by atoms with Gasteiger partial charge in [0.05, 0.1) is 6.54 Å². The predicted molar refractivity (Wildman–Crippen MR) is 173 cm³/mol. The molecular formula is C37H27N3S. The fourth-order valence-corrected chi connectivity index (χ4v) is 7.04. The molecule has 0 unspecified atom stereocenters. The lowest BCUT2D eigenvalue weighted by molar-refractivity contribution is 0.695. The molecule has 0 aliphatic heterocycles. The molecule has 1 aliphatic carbocycles. The summed E-state index contributed by atoms with van der Waals surface area (Å²) in [6, 6.07) is 39.1. The van der Waals surface area contributed by atoms with Crippen LogP contribution >= 0.6 is 11.3 Å². The molecule has 4 heteroatoms. The van der Waals surface area contributed by atoms with E-state index in [4.69, 9.17) is 10.1 Å². The third-order valence-corrected chi connectivity index (χ3v) is 9.13. The molecule has 0 saturated heterocycles. The molecule has 0 radical (unpaired) electrons. The summed E-state index contributed by atoms with van der Waals surface area (Å²) in [7, 11) is 0. The second-order valence-corrected chi connectivity index (χ2v) is 11.7. The van der Waals surface area contributed by atoms with Gasteiger partial charge in [0, 0.05) is 31.3 Å². The van der Waals surface area contributed by atoms with Crippen molar-refractivity contribution in [1.29, 1.82) is 0 Å². The number of fused-ring (bicyclic) bond motifs is 4. The number of thiophene rings is 1. The van der Waals surface area contributed by atoms with Crippen molar-refractivity contribution in [3.05, 3.63) is 139 Å². The number of nitrogens with zero attached hydrogens (tertiary/aromatic N) is 3. The lowest BCUT2D eigenvalue weighted by Crippen LogP contribution is -2.04. The Morgan fingerprint density at radius 3 is 2.41 bits per heavy atom. The first kappa shape index (κ1) is 24.0. The molecule has 0 saturated carbocycles. The Labute approximate surface area is 242 Å². The SMILES string of the molecule is C1=CCCC(c2ccc(Cn3nc(-c4cccc5sc6ccccc6c45)nc3-c3ccc4ccccc4c3)cc2)=C1. The van der Waals surface area contributed by atoms with Gasteiger partial charge in [0.1, 0.15) is 0 Å². The molecule has 0 bridgehead atoms. The summed E-state index contributed by atoms with van der Waals surface area (Å²) in [4.78, 5) is 5.22. The minimum atomic E-state index is 0.648. The Morgan fingerprint density at radius 1 is 0.732 bits per heavy atom. The highest BCUT2D eigenvalue weighted by molar-refractivity contribution is 7.25. The maximum Gasteiger partial charge on any atom is 0.182 e. The van der Waals surface area contributed by atoms with Crippen LogP contribution in [0.2, 0.25) is 0 Å². The van der Waals surface area contributed by atoms with E-state index in [1.165, 1.54) is 47.6 Å². The highest BCUT2D eigenvalue weighted by atomic mass is 32.1. The van der Waals surface area contributed by atoms with E-state index in [9.17, 15) is 0 Å². The first-order valence-corrected chi connectivity index (χ1v) is 14.9. The van der Waals surface area contributed by atoms with Gasteiger partial charge in [-0.25, -0.2) is 9.67 Å². The van der Waals surface area contributed by atoms with Crippen LogP contribution in [0.25, 0.3) is 59.3 Å². The van der Waals surface area contributed by atoms with Crippen LogP contribution in [0.5, 0.6) is 0 Å². The van der Waals surface area contributed by atoms with Gasteiger partial charge in [-0.15, -0.1) is 11.3 Å². The van der Waals surface area contributed by atoms with Gasteiger partial charge < -0.3 is 0 Å². The molecular weight excluding hydrogens is 518 g/mol. The van der Waals surface area contributed by atoms with E-state index in [2.05, 4.69) is 132 Å². The summed E-state index contributed by atoms with van der Waals surface area (Å²) in [5.74, 6) is 1.64. The van der Waals surface area contributed by atoms with Gasteiger partial charge in [0.2, 0.25) is 0 Å². The van der Waals surface area contributed by atoms with E-state index >= 15 is 0 Å². The Hall–Kier alpha value is -4.80. The van der Waals surface area contributed by atoms with Crippen LogP contribution in [0.3, 0.4) is 0 Å². The lowest BCUT2D eigenvalue weighted by Gasteiger charge is -2.11. The zero-order valence-corrected chi connectivity index (χ0v) is 23.3. The smallest absolute Gasteiger partial charge is 0.182 e. The maximum atomic E-state index is 5.22. The Balaban J connectivity index is 1.26. The molecule has 1 aliphatic rings. The van der Waals surface area contributed by atoms with Crippen LogP contribution in [-0.4, -0.2) is 14.8 Å². The van der Waals surface area contributed by atoms with E-state index in [0.717, 1.165) is 35.6 Å². The molecule has 2 heterocycles. The minimum absolute atomic E-state index is 0.648. The normalized spacial score (nSPS) is 13.3. The van der Waals surface area contributed by atoms with Crippen molar-refractivity contribution >= 4 is 47.9 Å². The molecule has 0 amide bonds. The molecule has 7 aromatic rings. The van der Waals surface area contributed by atoms with Crippen molar-refractivity contribution in [1.82, 2.24) is 14.8 Å². The van der Waals surface area contributed by atoms with Crippen LogP contribution < -0.4 is 0 Å². The molecule has 8 rings (SSSR count). The highest BCUT2D eigenvalue weighted by Crippen LogP contribution is 2.39. The first-order valence-electron chi connectivity index (χ1n) is 14.1. The van der Waals surface area contributed by atoms with E-state index in [1.54, 1.807) is 0 Å². The molecule has 0 spiro atoms. The standard InChI is InChI=1S/C37H27N3S/c1-2-9-26(10-3-1)28-19-17-25(18-20-28)24-40-37(30-22-21-27-11-4-5-12-29(27)23-30)38-36(39-40)32-14-8-16-34-35(32)31-13-6-7-15-33(31)41-34/h1-2,4-9,11-23H,3,10,24H2. The minimum Gasteiger partial charge on any atom is -0.241 e. The van der Waals surface area contributed by atoms with Crippen molar-refractivity contribution in [3.8, 4) is 22.8 Å². The summed E-state index contributed by atoms with van der Waals surface area (Å²) < 4.78 is 4.62. The van der Waals surface area contributed by atoms with Gasteiger partial charge in [0.25, 0.3) is 0 Å². The van der Waals surface area contributed by atoms with Crippen LogP contribution in [0.15, 0.2) is 127 Å². The fourth-order valence-electron chi connectivity index (χ4n) is 5.91. The number of allylic oxidation sites excluding steroid dienone is 4. The topological polar surface area (TPSA) is 30.7 Å². The van der Waals surface area contributed by atoms with E-state index in [1.807, 2.05) is 11.3 Å². The summed E-state index contributed by atoms with van der Waals surface area (Å²) in [5, 5.41) is 10.1. The summed E-state index contributed by atoms with van der Waals surface area (Å²) in [6.07, 6.45) is 8.83. The van der Waals surface area contributed by atoms with Crippen LogP contribution in [0, 0.1) is 0 Å². The largest absolute Gasteiger partial charge is 0.241 e. The Kier molecular flexibility index (Phi) is 5.86. The lowest BCUT2D eigenvalue weighted by atomic mass is 9.97. The fraction of sp³-hybridized carbons (Fsp3) is 0.0811. The van der Waals surface area contributed by atoms with Crippen LogP contribution in [-0.2, 0) is 6.54 Å². The molecule has 0 atom stereocenters. The zero-order chi connectivity index (χ0) is 27.2. The summed E-state index contributed by atoms with van der Waals surface area (Å²) >= 11 is 1.82. The Bertz CT molecular complexity index is 2130. The van der Waals surface area contributed by atoms with E-state index < -0.39 is 0 Å². The molecule has 41 heavy (non-hydrogen) atoms. The van der Waals surface area contributed by atoms with E-state index in [-0.39, 0.29) is 0 Å². The molecule has 0 fully saturated rings. The summed E-state index contributed by atoms with van der Waals surface area (Å²) in [5.41, 5.74) is 6.05. The highest BCUT2D eigenvalue weighted by Gasteiger charge is 2.18. The first-order chi connectivity index (χ1) is 20.3. The molecule has 2 aromatic heterocycles. The third kappa shape index (κ3) is 4.37. The average molecular weight is 546 g/mol. The molecule has 5 aromatic carbocycles. The number of benzene rings is 5. The van der Waals surface area contributed by atoms with Crippen molar-refractivity contribution in [2.45, 2.75) is 19.4 Å². The second kappa shape index (κ2) is 9.99. The number of hydrogen-bond donors (Lipinski definition) is 0. The van der Waals surface area contributed by atoms with Gasteiger partial charge in [-0.3, -0.25) is 0 Å². The number of rotatable bonds is 5. The van der Waals surface area contributed by atoms with Crippen LogP contribution in [0.1, 0.15) is 24.0 Å². The Morgan fingerprint density at radius 2 is 1.54 bits per heavy atom. The monoisotopic (exact) mass is 545 g/mol.